The summed E-state index contributed by atoms with van der Waals surface area (Å²) in [7, 11) is 0. The molecule has 6 rings (SSSR count). The first-order valence-electron chi connectivity index (χ1n) is 9.89. The fourth-order valence-electron chi connectivity index (χ4n) is 3.72. The van der Waals surface area contributed by atoms with Crippen molar-refractivity contribution in [1.82, 2.24) is 9.55 Å². The van der Waals surface area contributed by atoms with Crippen LogP contribution < -0.4 is 4.90 Å². The fourth-order valence-corrected chi connectivity index (χ4v) is 6.42. The van der Waals surface area contributed by atoms with Crippen LogP contribution in [0.15, 0.2) is 102 Å². The van der Waals surface area contributed by atoms with Gasteiger partial charge in [0.25, 0.3) is 0 Å². The summed E-state index contributed by atoms with van der Waals surface area (Å²) in [6.07, 6.45) is 0. The molecule has 0 unspecified atom stereocenters. The van der Waals surface area contributed by atoms with Gasteiger partial charge in [0.1, 0.15) is 15.0 Å². The van der Waals surface area contributed by atoms with Gasteiger partial charge >= 0.3 is 0 Å². The number of hydrogen-bond acceptors (Lipinski definition) is 5. The van der Waals surface area contributed by atoms with Crippen LogP contribution in [0.2, 0.25) is 0 Å². The average molecular weight is 456 g/mol. The molecule has 4 aromatic heterocycles. The molecular formula is C25H17N3S3. The summed E-state index contributed by atoms with van der Waals surface area (Å²) in [6.45, 7) is 0. The Morgan fingerprint density at radius 1 is 0.645 bits per heavy atom. The molecule has 0 spiro atoms. The van der Waals surface area contributed by atoms with Gasteiger partial charge in [0.05, 0.1) is 15.9 Å². The Morgan fingerprint density at radius 2 is 1.35 bits per heavy atom. The molecule has 6 heteroatoms. The van der Waals surface area contributed by atoms with Crippen LogP contribution in [0, 0.1) is 0 Å². The Morgan fingerprint density at radius 3 is 2.06 bits per heavy atom. The highest BCUT2D eigenvalue weighted by molar-refractivity contribution is 7.21. The minimum absolute atomic E-state index is 0.973. The van der Waals surface area contributed by atoms with E-state index in [9.17, 15) is 0 Å². The van der Waals surface area contributed by atoms with Crippen molar-refractivity contribution in [3.8, 4) is 16.4 Å². The number of aromatic nitrogens is 2. The number of thiophene rings is 3. The Balaban J connectivity index is 1.52. The van der Waals surface area contributed by atoms with E-state index in [1.807, 2.05) is 12.1 Å². The predicted octanol–water partition coefficient (Wildman–Crippen LogP) is 8.35. The Hall–Kier alpha value is -3.19. The van der Waals surface area contributed by atoms with Crippen molar-refractivity contribution in [2.24, 2.45) is 0 Å². The van der Waals surface area contributed by atoms with Crippen LogP contribution in [0.1, 0.15) is 0 Å². The van der Waals surface area contributed by atoms with Crippen LogP contribution in [0.25, 0.3) is 27.4 Å². The molecule has 0 aliphatic rings. The lowest BCUT2D eigenvalue weighted by Crippen LogP contribution is -2.04. The van der Waals surface area contributed by atoms with E-state index >= 15 is 0 Å². The predicted molar refractivity (Wildman–Crippen MR) is 135 cm³/mol. The summed E-state index contributed by atoms with van der Waals surface area (Å²) in [5.41, 5.74) is 3.24. The third-order valence-corrected chi connectivity index (χ3v) is 7.83. The largest absolute Gasteiger partial charge is 0.292 e. The van der Waals surface area contributed by atoms with Crippen molar-refractivity contribution >= 4 is 60.0 Å². The minimum Gasteiger partial charge on any atom is -0.292 e. The van der Waals surface area contributed by atoms with Crippen LogP contribution >= 0.6 is 34.0 Å². The molecule has 0 aliphatic heterocycles. The summed E-state index contributed by atoms with van der Waals surface area (Å²) in [5, 5.41) is 7.87. The molecule has 0 amide bonds. The van der Waals surface area contributed by atoms with Crippen molar-refractivity contribution in [3.63, 3.8) is 0 Å². The summed E-state index contributed by atoms with van der Waals surface area (Å²) in [4.78, 5) is 8.50. The molecule has 4 heterocycles. The molecule has 0 fully saturated rings. The third-order valence-electron chi connectivity index (χ3n) is 5.06. The first-order chi connectivity index (χ1) is 15.4. The number of rotatable bonds is 5. The first kappa shape index (κ1) is 18.6. The molecule has 3 nitrogen and oxygen atoms in total. The lowest BCUT2D eigenvalue weighted by atomic mass is 10.2. The summed E-state index contributed by atoms with van der Waals surface area (Å²) >= 11 is 5.27. The van der Waals surface area contributed by atoms with E-state index in [1.165, 1.54) is 15.0 Å². The number of hydrogen-bond donors (Lipinski definition) is 0. The molecule has 0 aliphatic carbocycles. The molecule has 2 aromatic carbocycles. The van der Waals surface area contributed by atoms with Crippen molar-refractivity contribution in [1.29, 1.82) is 0 Å². The topological polar surface area (TPSA) is 21.1 Å². The van der Waals surface area contributed by atoms with Crippen LogP contribution in [0.4, 0.5) is 15.0 Å². The molecule has 6 aromatic rings. The van der Waals surface area contributed by atoms with Gasteiger partial charge in [-0.1, -0.05) is 30.3 Å². The van der Waals surface area contributed by atoms with Crippen molar-refractivity contribution < 1.29 is 0 Å². The number of para-hydroxylation sites is 3. The molecule has 0 saturated carbocycles. The van der Waals surface area contributed by atoms with Crippen LogP contribution in [0.5, 0.6) is 0 Å². The van der Waals surface area contributed by atoms with E-state index in [-0.39, 0.29) is 0 Å². The Bertz CT molecular complexity index is 1390. The zero-order valence-electron chi connectivity index (χ0n) is 16.4. The van der Waals surface area contributed by atoms with Crippen LogP contribution in [0.3, 0.4) is 0 Å². The number of fused-ring (bicyclic) bond motifs is 1. The van der Waals surface area contributed by atoms with Crippen LogP contribution in [-0.2, 0) is 0 Å². The molecule has 0 radical (unpaired) electrons. The summed E-state index contributed by atoms with van der Waals surface area (Å²) in [6, 6.07) is 31.7. The number of benzene rings is 2. The standard InChI is InChI=1S/C25H17N3S3/c1-2-8-18(9-3-1)27-20-11-5-4-10-19(20)26-25(27)21-14-15-24(31-21)28(22-12-6-16-29-22)23-13-7-17-30-23/h1-17H. The van der Waals surface area contributed by atoms with E-state index in [0.29, 0.717) is 0 Å². The van der Waals surface area contributed by atoms with Gasteiger partial charge in [-0.3, -0.25) is 9.47 Å². The molecule has 0 atom stereocenters. The molecule has 0 saturated heterocycles. The molecule has 0 N–H and O–H groups in total. The first-order valence-corrected chi connectivity index (χ1v) is 12.5. The Labute approximate surface area is 192 Å². The molecule has 31 heavy (non-hydrogen) atoms. The van der Waals surface area contributed by atoms with E-state index < -0.39 is 0 Å². The summed E-state index contributed by atoms with van der Waals surface area (Å²) < 4.78 is 2.26. The maximum Gasteiger partial charge on any atom is 0.155 e. The number of nitrogens with zero attached hydrogens (tertiary/aromatic N) is 3. The highest BCUT2D eigenvalue weighted by atomic mass is 32.1. The lowest BCUT2D eigenvalue weighted by Gasteiger charge is -2.19. The van der Waals surface area contributed by atoms with E-state index in [2.05, 4.69) is 99.1 Å². The molecule has 0 bridgehead atoms. The molecular weight excluding hydrogens is 438 g/mol. The number of anilines is 3. The highest BCUT2D eigenvalue weighted by Gasteiger charge is 2.20. The maximum absolute atomic E-state index is 5.02. The smallest absolute Gasteiger partial charge is 0.155 e. The second-order valence-electron chi connectivity index (χ2n) is 6.97. The average Bonchev–Trinajstić information content (AvgIpc) is 3.62. The van der Waals surface area contributed by atoms with Gasteiger partial charge in [0, 0.05) is 5.69 Å². The van der Waals surface area contributed by atoms with Gasteiger partial charge in [-0.15, -0.1) is 34.0 Å². The molecule has 150 valence electrons. The fraction of sp³-hybridized carbons (Fsp3) is 0. The SMILES string of the molecule is c1ccc(-n2c(-c3ccc(N(c4cccs4)c4cccs4)s3)nc3ccccc32)cc1. The van der Waals surface area contributed by atoms with Gasteiger partial charge in [-0.25, -0.2) is 4.98 Å². The Kier molecular flexibility index (Phi) is 4.68. The monoisotopic (exact) mass is 455 g/mol. The second-order valence-corrected chi connectivity index (χ2v) is 9.89. The maximum atomic E-state index is 5.02. The third kappa shape index (κ3) is 3.29. The van der Waals surface area contributed by atoms with Gasteiger partial charge in [0.15, 0.2) is 5.82 Å². The van der Waals surface area contributed by atoms with Crippen molar-refractivity contribution in [2.45, 2.75) is 0 Å². The van der Waals surface area contributed by atoms with E-state index in [0.717, 1.165) is 27.4 Å². The minimum atomic E-state index is 0.973. The van der Waals surface area contributed by atoms with Gasteiger partial charge < -0.3 is 0 Å². The highest BCUT2D eigenvalue weighted by Crippen LogP contribution is 2.45. The van der Waals surface area contributed by atoms with Gasteiger partial charge in [-0.2, -0.15) is 0 Å². The number of imidazole rings is 1. The van der Waals surface area contributed by atoms with E-state index in [1.54, 1.807) is 34.0 Å². The normalized spacial score (nSPS) is 11.2. The van der Waals surface area contributed by atoms with Crippen LogP contribution in [-0.4, -0.2) is 9.55 Å². The van der Waals surface area contributed by atoms with Crippen molar-refractivity contribution in [3.05, 3.63) is 102 Å². The van der Waals surface area contributed by atoms with Gasteiger partial charge in [0.2, 0.25) is 0 Å². The lowest BCUT2D eigenvalue weighted by molar-refractivity contribution is 1.11. The summed E-state index contributed by atoms with van der Waals surface area (Å²) in [5.74, 6) is 0.973. The quantitative estimate of drug-likeness (QED) is 0.260. The zero-order valence-corrected chi connectivity index (χ0v) is 18.8. The van der Waals surface area contributed by atoms with Crippen molar-refractivity contribution in [2.75, 3.05) is 4.90 Å². The zero-order chi connectivity index (χ0) is 20.6. The van der Waals surface area contributed by atoms with Gasteiger partial charge in [-0.05, 0) is 71.4 Å². The second kappa shape index (κ2) is 7.81. The van der Waals surface area contributed by atoms with E-state index in [4.69, 9.17) is 4.98 Å².